The van der Waals surface area contributed by atoms with Crippen LogP contribution in [0.2, 0.25) is 0 Å². The van der Waals surface area contributed by atoms with Gasteiger partial charge in [0.05, 0.1) is 11.8 Å². The molecule has 2 aromatic heterocycles. The predicted molar refractivity (Wildman–Crippen MR) is 56.4 cm³/mol. The molecular weight excluding hydrogens is 247 g/mol. The van der Waals surface area contributed by atoms with E-state index in [0.29, 0.717) is 11.8 Å². The minimum atomic E-state index is -4.45. The summed E-state index contributed by atoms with van der Waals surface area (Å²) in [4.78, 5) is 15.0. The molecule has 0 spiro atoms. The predicted octanol–water partition coefficient (Wildman–Crippen LogP) is 2.49. The second-order valence-corrected chi connectivity index (χ2v) is 3.63. The van der Waals surface area contributed by atoms with Gasteiger partial charge in [0, 0.05) is 18.0 Å². The lowest BCUT2D eigenvalue weighted by Crippen LogP contribution is -2.04. The first-order valence-corrected chi connectivity index (χ1v) is 4.97. The van der Waals surface area contributed by atoms with E-state index in [4.69, 9.17) is 0 Å². The Morgan fingerprint density at radius 1 is 1.39 bits per heavy atom. The summed E-state index contributed by atoms with van der Waals surface area (Å²) in [5, 5.41) is 3.58. The first kappa shape index (κ1) is 12.3. The number of ketones is 1. The highest BCUT2D eigenvalue weighted by Crippen LogP contribution is 2.28. The number of hydrogen-bond donors (Lipinski definition) is 0. The maximum Gasteiger partial charge on any atom is 0.419 e. The summed E-state index contributed by atoms with van der Waals surface area (Å²) in [5.41, 5.74) is -0.499. The van der Waals surface area contributed by atoms with Gasteiger partial charge in [-0.25, -0.2) is 9.67 Å². The van der Waals surface area contributed by atoms with Crippen molar-refractivity contribution in [3.63, 3.8) is 0 Å². The molecule has 0 aliphatic heterocycles. The Kier molecular flexibility index (Phi) is 2.90. The maximum atomic E-state index is 12.4. The summed E-state index contributed by atoms with van der Waals surface area (Å²) in [7, 11) is 0. The third-order valence-corrected chi connectivity index (χ3v) is 2.30. The molecule has 0 aliphatic carbocycles. The lowest BCUT2D eigenvalue weighted by Gasteiger charge is -2.02. The molecule has 2 rings (SSSR count). The molecule has 2 heterocycles. The number of alkyl halides is 3. The zero-order valence-corrected chi connectivity index (χ0v) is 9.27. The molecule has 0 N–H and O–H groups in total. The third kappa shape index (κ3) is 2.39. The Bertz CT molecular complexity index is 589. The van der Waals surface area contributed by atoms with Crippen LogP contribution in [0.4, 0.5) is 13.2 Å². The van der Waals surface area contributed by atoms with Gasteiger partial charge in [-0.15, -0.1) is 0 Å². The standard InChI is InChI=1S/C11H8F3N3O/c1-7(18)8-2-3-15-10(4-8)17-6-9(5-16-17)11(12,13)14/h2-6H,1H3. The van der Waals surface area contributed by atoms with Gasteiger partial charge >= 0.3 is 6.18 Å². The Hall–Kier alpha value is -2.18. The van der Waals surface area contributed by atoms with E-state index >= 15 is 0 Å². The fraction of sp³-hybridized carbons (Fsp3) is 0.182. The molecule has 0 saturated carbocycles. The Labute approximate surface area is 100 Å². The number of pyridine rings is 1. The minimum absolute atomic E-state index is 0.165. The topological polar surface area (TPSA) is 47.8 Å². The van der Waals surface area contributed by atoms with Crippen molar-refractivity contribution in [3.05, 3.63) is 41.9 Å². The number of Topliss-reactive ketones (excluding diaryl/α,β-unsaturated/α-hetero) is 1. The van der Waals surface area contributed by atoms with Crippen LogP contribution in [0.5, 0.6) is 0 Å². The number of carbonyl (C=O) groups excluding carboxylic acids is 1. The van der Waals surface area contributed by atoms with E-state index in [9.17, 15) is 18.0 Å². The highest BCUT2D eigenvalue weighted by molar-refractivity contribution is 5.94. The number of nitrogens with zero attached hydrogens (tertiary/aromatic N) is 3. The van der Waals surface area contributed by atoms with Gasteiger partial charge in [-0.1, -0.05) is 0 Å². The zero-order chi connectivity index (χ0) is 13.3. The highest BCUT2D eigenvalue weighted by Gasteiger charge is 2.32. The summed E-state index contributed by atoms with van der Waals surface area (Å²) >= 11 is 0. The van der Waals surface area contributed by atoms with Crippen LogP contribution in [-0.4, -0.2) is 20.5 Å². The van der Waals surface area contributed by atoms with Crippen molar-refractivity contribution in [2.45, 2.75) is 13.1 Å². The molecule has 2 aromatic rings. The molecule has 0 bridgehead atoms. The van der Waals surface area contributed by atoms with E-state index < -0.39 is 11.7 Å². The molecular formula is C11H8F3N3O. The van der Waals surface area contributed by atoms with Crippen molar-refractivity contribution in [2.24, 2.45) is 0 Å². The molecule has 0 radical (unpaired) electrons. The average molecular weight is 255 g/mol. The normalized spacial score (nSPS) is 11.6. The number of rotatable bonds is 2. The van der Waals surface area contributed by atoms with Crippen molar-refractivity contribution in [1.29, 1.82) is 0 Å². The molecule has 0 saturated heterocycles. The molecule has 0 unspecified atom stereocenters. The average Bonchev–Trinajstić information content (AvgIpc) is 2.78. The van der Waals surface area contributed by atoms with Gasteiger partial charge in [0.2, 0.25) is 0 Å². The van der Waals surface area contributed by atoms with Crippen LogP contribution in [0, 0.1) is 0 Å². The quantitative estimate of drug-likeness (QED) is 0.774. The van der Waals surface area contributed by atoms with Crippen molar-refractivity contribution >= 4 is 5.78 Å². The van der Waals surface area contributed by atoms with Crippen LogP contribution in [0.15, 0.2) is 30.7 Å². The van der Waals surface area contributed by atoms with E-state index in [-0.39, 0.29) is 11.6 Å². The van der Waals surface area contributed by atoms with Crippen molar-refractivity contribution < 1.29 is 18.0 Å². The van der Waals surface area contributed by atoms with Gasteiger partial charge in [0.25, 0.3) is 0 Å². The van der Waals surface area contributed by atoms with Crippen LogP contribution < -0.4 is 0 Å². The summed E-state index contributed by atoms with van der Waals surface area (Å²) < 4.78 is 38.2. The summed E-state index contributed by atoms with van der Waals surface area (Å²) in [6.45, 7) is 1.36. The lowest BCUT2D eigenvalue weighted by molar-refractivity contribution is -0.137. The van der Waals surface area contributed by atoms with E-state index in [1.165, 1.54) is 25.3 Å². The molecule has 18 heavy (non-hydrogen) atoms. The highest BCUT2D eigenvalue weighted by atomic mass is 19.4. The van der Waals surface area contributed by atoms with Crippen LogP contribution in [0.1, 0.15) is 22.8 Å². The molecule has 94 valence electrons. The van der Waals surface area contributed by atoms with E-state index in [1.54, 1.807) is 0 Å². The van der Waals surface area contributed by atoms with Gasteiger partial charge < -0.3 is 0 Å². The van der Waals surface area contributed by atoms with Crippen molar-refractivity contribution in [2.75, 3.05) is 0 Å². The van der Waals surface area contributed by atoms with Gasteiger partial charge in [0.15, 0.2) is 11.6 Å². The summed E-state index contributed by atoms with van der Waals surface area (Å²) in [6, 6.07) is 2.87. The Morgan fingerprint density at radius 3 is 2.67 bits per heavy atom. The second kappa shape index (κ2) is 4.25. The van der Waals surface area contributed by atoms with Gasteiger partial charge in [-0.2, -0.15) is 18.3 Å². The largest absolute Gasteiger partial charge is 0.419 e. The van der Waals surface area contributed by atoms with E-state index in [2.05, 4.69) is 10.1 Å². The fourth-order valence-corrected chi connectivity index (χ4v) is 1.36. The number of carbonyl (C=O) groups is 1. The van der Waals surface area contributed by atoms with E-state index in [1.807, 2.05) is 0 Å². The summed E-state index contributed by atoms with van der Waals surface area (Å²) in [5.74, 6) is -0.0277. The van der Waals surface area contributed by atoms with Crippen molar-refractivity contribution in [1.82, 2.24) is 14.8 Å². The molecule has 0 amide bonds. The monoisotopic (exact) mass is 255 g/mol. The number of halogens is 3. The zero-order valence-electron chi connectivity index (χ0n) is 9.27. The second-order valence-electron chi connectivity index (χ2n) is 3.63. The maximum absolute atomic E-state index is 12.4. The van der Waals surface area contributed by atoms with Gasteiger partial charge in [0.1, 0.15) is 0 Å². The first-order chi connectivity index (χ1) is 8.38. The molecule has 0 fully saturated rings. The minimum Gasteiger partial charge on any atom is -0.295 e. The van der Waals surface area contributed by atoms with Crippen molar-refractivity contribution in [3.8, 4) is 5.82 Å². The Balaban J connectivity index is 2.40. The molecule has 4 nitrogen and oxygen atoms in total. The molecule has 0 aromatic carbocycles. The SMILES string of the molecule is CC(=O)c1ccnc(-n2cc(C(F)(F)F)cn2)c1. The van der Waals surface area contributed by atoms with Crippen LogP contribution in [0.25, 0.3) is 5.82 Å². The van der Waals surface area contributed by atoms with E-state index in [0.717, 1.165) is 10.9 Å². The molecule has 7 heteroatoms. The molecule has 0 atom stereocenters. The fourth-order valence-electron chi connectivity index (χ4n) is 1.36. The van der Waals surface area contributed by atoms with Crippen LogP contribution in [0.3, 0.4) is 0 Å². The number of hydrogen-bond acceptors (Lipinski definition) is 3. The lowest BCUT2D eigenvalue weighted by atomic mass is 10.2. The Morgan fingerprint density at radius 2 is 2.11 bits per heavy atom. The molecule has 0 aliphatic rings. The first-order valence-electron chi connectivity index (χ1n) is 4.97. The number of aromatic nitrogens is 3. The van der Waals surface area contributed by atoms with Crippen LogP contribution >= 0.6 is 0 Å². The van der Waals surface area contributed by atoms with Gasteiger partial charge in [-0.3, -0.25) is 4.79 Å². The third-order valence-electron chi connectivity index (χ3n) is 2.30. The smallest absolute Gasteiger partial charge is 0.295 e. The van der Waals surface area contributed by atoms with Crippen LogP contribution in [-0.2, 0) is 6.18 Å². The van der Waals surface area contributed by atoms with Gasteiger partial charge in [-0.05, 0) is 19.1 Å². The summed E-state index contributed by atoms with van der Waals surface area (Å²) in [6.07, 6.45) is -1.56.